The smallest absolute Gasteiger partial charge is 0.236 e. The average Bonchev–Trinajstić information content (AvgIpc) is 3.34. The Kier molecular flexibility index (Phi) is 4.52. The van der Waals surface area contributed by atoms with Crippen LogP contribution in [0.15, 0.2) is 36.7 Å². The van der Waals surface area contributed by atoms with Crippen LogP contribution in [0.1, 0.15) is 31.9 Å². The summed E-state index contributed by atoms with van der Waals surface area (Å²) < 4.78 is 57.5. The maximum Gasteiger partial charge on any atom is 0.236 e. The van der Waals surface area contributed by atoms with Crippen molar-refractivity contribution in [3.8, 4) is 22.4 Å². The fourth-order valence-electron chi connectivity index (χ4n) is 4.87. The number of aryl methyl sites for hydroxylation is 1. The molecule has 9 heteroatoms. The topological polar surface area (TPSA) is 68.9 Å². The van der Waals surface area contributed by atoms with Crippen molar-refractivity contribution in [3.05, 3.63) is 59.4 Å². The molecule has 0 bridgehead atoms. The highest BCUT2D eigenvalue weighted by atomic mass is 32.2. The van der Waals surface area contributed by atoms with Crippen LogP contribution in [0.4, 0.5) is 14.5 Å². The van der Waals surface area contributed by atoms with Gasteiger partial charge in [-0.2, -0.15) is 5.10 Å². The number of rotatable bonds is 3. The monoisotopic (exact) mass is 470 g/mol. The lowest BCUT2D eigenvalue weighted by Crippen LogP contribution is -2.32. The first kappa shape index (κ1) is 21.6. The number of anilines is 1. The van der Waals surface area contributed by atoms with Gasteiger partial charge in [0.1, 0.15) is 11.6 Å². The largest absolute Gasteiger partial charge is 0.373 e. The van der Waals surface area contributed by atoms with E-state index in [0.717, 1.165) is 27.0 Å². The maximum atomic E-state index is 15.6. The zero-order valence-corrected chi connectivity index (χ0v) is 19.8. The summed E-state index contributed by atoms with van der Waals surface area (Å²) in [5, 5.41) is 8.33. The minimum absolute atomic E-state index is 0.212. The SMILES string of the molecule is CCn1ncc2c1-c1c(C)c(-c3cc(F)cc4c3ccn4S(C)(=O)=O)cc(F)c1NC2(C)C. The van der Waals surface area contributed by atoms with Crippen LogP contribution >= 0.6 is 0 Å². The lowest BCUT2D eigenvalue weighted by molar-refractivity contribution is 0.576. The van der Waals surface area contributed by atoms with Crippen LogP contribution in [-0.4, -0.2) is 28.4 Å². The summed E-state index contributed by atoms with van der Waals surface area (Å²) in [5.74, 6) is -1.06. The Hall–Kier alpha value is -3.20. The van der Waals surface area contributed by atoms with Gasteiger partial charge in [-0.3, -0.25) is 4.68 Å². The van der Waals surface area contributed by atoms with Crippen LogP contribution in [0.2, 0.25) is 0 Å². The maximum absolute atomic E-state index is 15.6. The number of hydrogen-bond donors (Lipinski definition) is 1. The van der Waals surface area contributed by atoms with Crippen LogP contribution in [0.5, 0.6) is 0 Å². The van der Waals surface area contributed by atoms with E-state index < -0.39 is 27.2 Å². The third kappa shape index (κ3) is 3.09. The quantitative estimate of drug-likeness (QED) is 0.444. The molecule has 0 spiro atoms. The fraction of sp³-hybridized carbons (Fsp3) is 0.292. The van der Waals surface area contributed by atoms with E-state index in [9.17, 15) is 12.8 Å². The summed E-state index contributed by atoms with van der Waals surface area (Å²) in [4.78, 5) is 0. The number of hydrogen-bond acceptors (Lipinski definition) is 4. The summed E-state index contributed by atoms with van der Waals surface area (Å²) in [6, 6.07) is 5.51. The number of benzene rings is 2. The van der Waals surface area contributed by atoms with Crippen LogP contribution in [0.25, 0.3) is 33.3 Å². The van der Waals surface area contributed by atoms with Crippen LogP contribution in [0.3, 0.4) is 0 Å². The van der Waals surface area contributed by atoms with Gasteiger partial charge in [-0.1, -0.05) is 0 Å². The van der Waals surface area contributed by atoms with Crippen molar-refractivity contribution in [2.75, 3.05) is 11.6 Å². The first-order chi connectivity index (χ1) is 15.4. The molecule has 0 atom stereocenters. The molecule has 33 heavy (non-hydrogen) atoms. The van der Waals surface area contributed by atoms with Crippen molar-refractivity contribution in [1.29, 1.82) is 0 Å². The second-order valence-corrected chi connectivity index (χ2v) is 10.9. The molecule has 0 fully saturated rings. The minimum Gasteiger partial charge on any atom is -0.373 e. The Morgan fingerprint density at radius 1 is 1.15 bits per heavy atom. The molecule has 0 saturated heterocycles. The highest BCUT2D eigenvalue weighted by Crippen LogP contribution is 2.49. The van der Waals surface area contributed by atoms with E-state index in [0.29, 0.717) is 34.3 Å². The van der Waals surface area contributed by atoms with E-state index in [1.807, 2.05) is 32.4 Å². The summed E-state index contributed by atoms with van der Waals surface area (Å²) in [7, 11) is -3.63. The van der Waals surface area contributed by atoms with E-state index in [2.05, 4.69) is 10.4 Å². The van der Waals surface area contributed by atoms with Crippen LogP contribution in [0, 0.1) is 18.6 Å². The predicted molar refractivity (Wildman–Crippen MR) is 126 cm³/mol. The molecule has 0 aliphatic carbocycles. The second kappa shape index (κ2) is 6.90. The molecule has 1 aliphatic rings. The zero-order chi connectivity index (χ0) is 23.9. The Bertz CT molecular complexity index is 1570. The molecule has 0 radical (unpaired) electrons. The first-order valence-corrected chi connectivity index (χ1v) is 12.5. The number of nitrogens with zero attached hydrogens (tertiary/aromatic N) is 3. The molecule has 2 aromatic heterocycles. The Morgan fingerprint density at radius 2 is 1.88 bits per heavy atom. The van der Waals surface area contributed by atoms with Gasteiger partial charge in [0.05, 0.1) is 34.9 Å². The molecule has 172 valence electrons. The average molecular weight is 471 g/mol. The van der Waals surface area contributed by atoms with Gasteiger partial charge in [-0.05, 0) is 68.7 Å². The van der Waals surface area contributed by atoms with Gasteiger partial charge in [0.25, 0.3) is 0 Å². The fourth-order valence-corrected chi connectivity index (χ4v) is 5.66. The Labute approximate surface area is 190 Å². The van der Waals surface area contributed by atoms with E-state index in [4.69, 9.17) is 0 Å². The minimum atomic E-state index is -3.63. The molecular weight excluding hydrogens is 446 g/mol. The molecule has 0 saturated carbocycles. The zero-order valence-electron chi connectivity index (χ0n) is 19.0. The van der Waals surface area contributed by atoms with Crippen LogP contribution < -0.4 is 5.32 Å². The van der Waals surface area contributed by atoms with Crippen molar-refractivity contribution in [1.82, 2.24) is 13.8 Å². The normalized spacial score (nSPS) is 14.8. The summed E-state index contributed by atoms with van der Waals surface area (Å²) in [6.45, 7) is 8.40. The Morgan fingerprint density at radius 3 is 2.55 bits per heavy atom. The van der Waals surface area contributed by atoms with E-state index >= 15 is 4.39 Å². The summed E-state index contributed by atoms with van der Waals surface area (Å²) in [5.41, 5.74) is 4.21. The predicted octanol–water partition coefficient (Wildman–Crippen LogP) is 5.25. The van der Waals surface area contributed by atoms with Crippen molar-refractivity contribution in [3.63, 3.8) is 0 Å². The number of fused-ring (bicyclic) bond motifs is 4. The van der Waals surface area contributed by atoms with Crippen molar-refractivity contribution in [2.45, 2.75) is 39.8 Å². The van der Waals surface area contributed by atoms with E-state index in [-0.39, 0.29) is 5.52 Å². The molecule has 1 N–H and O–H groups in total. The number of nitrogens with one attached hydrogen (secondary N) is 1. The molecule has 3 heterocycles. The molecule has 4 aromatic rings. The first-order valence-electron chi connectivity index (χ1n) is 10.6. The standard InChI is InChI=1S/C24H24F2N4O2S/c1-6-29-23-18(12-27-29)24(3,4)28-22-19(26)11-16(13(2)21(22)23)17-9-14(25)10-20-15(17)7-8-30(20)33(5,31)32/h7-12,28H,6H2,1-5H3. The van der Waals surface area contributed by atoms with Gasteiger partial charge < -0.3 is 5.32 Å². The van der Waals surface area contributed by atoms with Gasteiger partial charge in [-0.25, -0.2) is 21.2 Å². The van der Waals surface area contributed by atoms with Crippen molar-refractivity contribution >= 4 is 26.6 Å². The van der Waals surface area contributed by atoms with Gasteiger partial charge >= 0.3 is 0 Å². The number of halogens is 2. The van der Waals surface area contributed by atoms with E-state index in [1.165, 1.54) is 24.4 Å². The lowest BCUT2D eigenvalue weighted by Gasteiger charge is -2.35. The van der Waals surface area contributed by atoms with Gasteiger partial charge in [-0.15, -0.1) is 0 Å². The molecule has 0 unspecified atom stereocenters. The summed E-state index contributed by atoms with van der Waals surface area (Å²) in [6.07, 6.45) is 4.24. The summed E-state index contributed by atoms with van der Waals surface area (Å²) >= 11 is 0. The van der Waals surface area contributed by atoms with Crippen molar-refractivity contribution < 1.29 is 17.2 Å². The van der Waals surface area contributed by atoms with Gasteiger partial charge in [0.2, 0.25) is 10.0 Å². The molecule has 1 aliphatic heterocycles. The second-order valence-electron chi connectivity index (χ2n) is 9.01. The number of aromatic nitrogens is 3. The lowest BCUT2D eigenvalue weighted by atomic mass is 9.82. The molecule has 2 aromatic carbocycles. The molecular formula is C24H24F2N4O2S. The van der Waals surface area contributed by atoms with Gasteiger partial charge in [0, 0.05) is 29.3 Å². The molecule has 5 rings (SSSR count). The third-order valence-electron chi connectivity index (χ3n) is 6.41. The highest BCUT2D eigenvalue weighted by molar-refractivity contribution is 7.89. The van der Waals surface area contributed by atoms with Crippen molar-refractivity contribution in [2.24, 2.45) is 0 Å². The van der Waals surface area contributed by atoms with Crippen LogP contribution in [-0.2, 0) is 22.1 Å². The van der Waals surface area contributed by atoms with E-state index in [1.54, 1.807) is 12.3 Å². The molecule has 6 nitrogen and oxygen atoms in total. The highest BCUT2D eigenvalue weighted by Gasteiger charge is 2.37. The molecule has 0 amide bonds. The Balaban J connectivity index is 1.86. The van der Waals surface area contributed by atoms with Gasteiger partial charge in [0.15, 0.2) is 0 Å². The third-order valence-corrected chi connectivity index (χ3v) is 7.44.